The Hall–Kier alpha value is -1.94. The van der Waals surface area contributed by atoms with Crippen molar-refractivity contribution >= 4 is 28.8 Å². The normalized spacial score (nSPS) is 10.0. The number of benzene rings is 1. The quantitative estimate of drug-likeness (QED) is 0.833. The molecule has 0 saturated carbocycles. The second kappa shape index (κ2) is 6.29. The molecule has 0 aliphatic heterocycles. The third kappa shape index (κ3) is 4.03. The van der Waals surface area contributed by atoms with Gasteiger partial charge in [-0.3, -0.25) is 0 Å². The van der Waals surface area contributed by atoms with E-state index in [-0.39, 0.29) is 0 Å². The van der Waals surface area contributed by atoms with Gasteiger partial charge in [-0.05, 0) is 54.9 Å². The number of pyridine rings is 1. The summed E-state index contributed by atoms with van der Waals surface area (Å²) in [6, 6.07) is 12.1. The predicted octanol–water partition coefficient (Wildman–Crippen LogP) is 3.76. The maximum Gasteiger partial charge on any atom is 0.176 e. The molecule has 0 unspecified atom stereocenters. The summed E-state index contributed by atoms with van der Waals surface area (Å²) in [5.74, 6) is 0.744. The Balaban J connectivity index is 1.95. The molecule has 0 fully saturated rings. The van der Waals surface area contributed by atoms with Crippen molar-refractivity contribution in [2.24, 2.45) is 0 Å². The maximum absolute atomic E-state index is 5.25. The number of nitrogens with one attached hydrogen (secondary N) is 2. The van der Waals surface area contributed by atoms with Crippen LogP contribution in [0.2, 0.25) is 0 Å². The summed E-state index contributed by atoms with van der Waals surface area (Å²) < 4.78 is 0. The summed E-state index contributed by atoms with van der Waals surface area (Å²) in [6.45, 7) is 4.14. The van der Waals surface area contributed by atoms with E-state index in [2.05, 4.69) is 34.7 Å². The predicted molar refractivity (Wildman–Crippen MR) is 84.6 cm³/mol. The molecule has 98 valence electrons. The van der Waals surface area contributed by atoms with Gasteiger partial charge in [-0.25, -0.2) is 4.98 Å². The van der Waals surface area contributed by atoms with Crippen molar-refractivity contribution in [3.8, 4) is 0 Å². The number of thiocarbonyl (C=S) groups is 1. The van der Waals surface area contributed by atoms with Gasteiger partial charge >= 0.3 is 0 Å². The molecule has 4 heteroatoms. The first kappa shape index (κ1) is 13.5. The van der Waals surface area contributed by atoms with Crippen LogP contribution < -0.4 is 10.6 Å². The lowest BCUT2D eigenvalue weighted by Crippen LogP contribution is -2.19. The molecular formula is C15H17N3S. The first-order chi connectivity index (χ1) is 9.17. The minimum Gasteiger partial charge on any atom is -0.332 e. The minimum absolute atomic E-state index is 0.542. The van der Waals surface area contributed by atoms with E-state index >= 15 is 0 Å². The fraction of sp³-hybridized carbons (Fsp3) is 0.200. The maximum atomic E-state index is 5.25. The zero-order valence-electron chi connectivity index (χ0n) is 11.1. The smallest absolute Gasteiger partial charge is 0.176 e. The van der Waals surface area contributed by atoms with E-state index in [4.69, 9.17) is 12.2 Å². The van der Waals surface area contributed by atoms with Crippen molar-refractivity contribution in [1.82, 2.24) is 4.98 Å². The monoisotopic (exact) mass is 271 g/mol. The average Bonchev–Trinajstić information content (AvgIpc) is 2.42. The highest BCUT2D eigenvalue weighted by Gasteiger charge is 1.99. The van der Waals surface area contributed by atoms with E-state index in [1.54, 1.807) is 6.20 Å². The first-order valence-corrected chi connectivity index (χ1v) is 6.68. The zero-order valence-corrected chi connectivity index (χ0v) is 11.9. The van der Waals surface area contributed by atoms with E-state index in [9.17, 15) is 0 Å². The molecule has 1 aromatic heterocycles. The van der Waals surface area contributed by atoms with Crippen molar-refractivity contribution in [2.45, 2.75) is 20.3 Å². The third-order valence-electron chi connectivity index (χ3n) is 2.77. The molecule has 0 radical (unpaired) electrons. The van der Waals surface area contributed by atoms with Crippen LogP contribution in [0.5, 0.6) is 0 Å². The van der Waals surface area contributed by atoms with Gasteiger partial charge in [-0.1, -0.05) is 25.1 Å². The molecule has 1 heterocycles. The molecule has 1 aromatic carbocycles. The Morgan fingerprint density at radius 2 is 1.84 bits per heavy atom. The average molecular weight is 271 g/mol. The van der Waals surface area contributed by atoms with E-state index < -0.39 is 0 Å². The van der Waals surface area contributed by atoms with Gasteiger partial charge in [0.25, 0.3) is 0 Å². The number of rotatable bonds is 3. The molecule has 19 heavy (non-hydrogen) atoms. The number of aromatic nitrogens is 1. The lowest BCUT2D eigenvalue weighted by atomic mass is 10.1. The molecule has 2 aromatic rings. The second-order valence-corrected chi connectivity index (χ2v) is 4.76. The lowest BCUT2D eigenvalue weighted by Gasteiger charge is -2.10. The van der Waals surface area contributed by atoms with Gasteiger partial charge < -0.3 is 10.6 Å². The number of hydrogen-bond acceptors (Lipinski definition) is 2. The van der Waals surface area contributed by atoms with Crippen molar-refractivity contribution in [2.75, 3.05) is 10.6 Å². The summed E-state index contributed by atoms with van der Waals surface area (Å²) in [7, 11) is 0. The summed E-state index contributed by atoms with van der Waals surface area (Å²) in [5.41, 5.74) is 3.41. The molecule has 0 saturated heterocycles. The molecule has 2 rings (SSSR count). The van der Waals surface area contributed by atoms with Crippen molar-refractivity contribution in [1.29, 1.82) is 0 Å². The SMILES string of the molecule is CCc1ccc(NC(=S)Nc2ccc(C)cn2)cc1. The Morgan fingerprint density at radius 1 is 1.11 bits per heavy atom. The highest BCUT2D eigenvalue weighted by molar-refractivity contribution is 7.80. The minimum atomic E-state index is 0.542. The van der Waals surface area contributed by atoms with Gasteiger partial charge in [-0.2, -0.15) is 0 Å². The van der Waals surface area contributed by atoms with Crippen LogP contribution in [0, 0.1) is 6.92 Å². The van der Waals surface area contributed by atoms with Crippen molar-refractivity contribution < 1.29 is 0 Å². The summed E-state index contributed by atoms with van der Waals surface area (Å²) in [6.07, 6.45) is 2.84. The van der Waals surface area contributed by atoms with E-state index in [1.807, 2.05) is 31.2 Å². The Morgan fingerprint density at radius 3 is 2.42 bits per heavy atom. The fourth-order valence-corrected chi connectivity index (χ4v) is 1.87. The van der Waals surface area contributed by atoms with Crippen molar-refractivity contribution in [3.63, 3.8) is 0 Å². The summed E-state index contributed by atoms with van der Waals surface area (Å²) >= 11 is 5.25. The van der Waals surface area contributed by atoms with Crippen LogP contribution in [0.3, 0.4) is 0 Å². The molecular weight excluding hydrogens is 254 g/mol. The second-order valence-electron chi connectivity index (χ2n) is 4.35. The Kier molecular flexibility index (Phi) is 4.47. The van der Waals surface area contributed by atoms with E-state index in [1.165, 1.54) is 5.56 Å². The first-order valence-electron chi connectivity index (χ1n) is 6.27. The Bertz CT molecular complexity index is 547. The van der Waals surface area contributed by atoms with Crippen LogP contribution in [0.4, 0.5) is 11.5 Å². The van der Waals surface area contributed by atoms with Crippen LogP contribution >= 0.6 is 12.2 Å². The van der Waals surface area contributed by atoms with Gasteiger partial charge in [0.2, 0.25) is 0 Å². The van der Waals surface area contributed by atoms with Gasteiger partial charge in [-0.15, -0.1) is 0 Å². The third-order valence-corrected chi connectivity index (χ3v) is 2.98. The number of anilines is 2. The fourth-order valence-electron chi connectivity index (χ4n) is 1.64. The van der Waals surface area contributed by atoms with Gasteiger partial charge in [0.15, 0.2) is 5.11 Å². The van der Waals surface area contributed by atoms with Crippen LogP contribution in [-0.2, 0) is 6.42 Å². The molecule has 0 spiro atoms. The molecule has 0 bridgehead atoms. The number of hydrogen-bond donors (Lipinski definition) is 2. The molecule has 0 amide bonds. The lowest BCUT2D eigenvalue weighted by molar-refractivity contribution is 1.14. The van der Waals surface area contributed by atoms with Crippen LogP contribution in [0.15, 0.2) is 42.6 Å². The van der Waals surface area contributed by atoms with Gasteiger partial charge in [0, 0.05) is 11.9 Å². The highest BCUT2D eigenvalue weighted by Crippen LogP contribution is 2.11. The number of aryl methyl sites for hydroxylation is 2. The van der Waals surface area contributed by atoms with Gasteiger partial charge in [0.05, 0.1) is 0 Å². The van der Waals surface area contributed by atoms with E-state index in [0.717, 1.165) is 23.5 Å². The largest absolute Gasteiger partial charge is 0.332 e. The van der Waals surface area contributed by atoms with Crippen molar-refractivity contribution in [3.05, 3.63) is 53.7 Å². The summed E-state index contributed by atoms with van der Waals surface area (Å²) in [4.78, 5) is 4.25. The van der Waals surface area contributed by atoms with Crippen LogP contribution in [0.25, 0.3) is 0 Å². The standard InChI is InChI=1S/C15H17N3S/c1-3-12-5-7-13(8-6-12)17-15(19)18-14-9-4-11(2)10-16-14/h4-10H,3H2,1-2H3,(H2,16,17,18,19). The molecule has 2 N–H and O–H groups in total. The Labute approximate surface area is 119 Å². The summed E-state index contributed by atoms with van der Waals surface area (Å²) in [5, 5.41) is 6.73. The molecule has 3 nitrogen and oxygen atoms in total. The topological polar surface area (TPSA) is 37.0 Å². The van der Waals surface area contributed by atoms with Crippen LogP contribution in [0.1, 0.15) is 18.1 Å². The highest BCUT2D eigenvalue weighted by atomic mass is 32.1. The van der Waals surface area contributed by atoms with E-state index in [0.29, 0.717) is 5.11 Å². The van der Waals surface area contributed by atoms with Gasteiger partial charge in [0.1, 0.15) is 5.82 Å². The molecule has 0 aliphatic carbocycles. The zero-order chi connectivity index (χ0) is 13.7. The van der Waals surface area contributed by atoms with Crippen LogP contribution in [-0.4, -0.2) is 10.1 Å². The molecule has 0 aliphatic rings. The number of nitrogens with zero attached hydrogens (tertiary/aromatic N) is 1. The molecule has 0 atom stereocenters.